The van der Waals surface area contributed by atoms with Crippen molar-refractivity contribution in [2.24, 2.45) is 0 Å². The van der Waals surface area contributed by atoms with Crippen LogP contribution in [0, 0.1) is 0 Å². The molecule has 2 saturated heterocycles. The number of aromatic nitrogens is 2. The summed E-state index contributed by atoms with van der Waals surface area (Å²) in [5, 5.41) is 12.1. The van der Waals surface area contributed by atoms with Gasteiger partial charge >= 0.3 is 6.09 Å². The van der Waals surface area contributed by atoms with Gasteiger partial charge in [-0.1, -0.05) is 0 Å². The summed E-state index contributed by atoms with van der Waals surface area (Å²) < 4.78 is 6.12. The summed E-state index contributed by atoms with van der Waals surface area (Å²) in [6.45, 7) is 2.64. The van der Waals surface area contributed by atoms with Crippen LogP contribution in [0.3, 0.4) is 0 Å². The minimum Gasteiger partial charge on any atom is -0.465 e. The number of rotatable bonds is 3. The molecule has 1 N–H and O–H groups in total. The number of hydrogen-bond acceptors (Lipinski definition) is 7. The number of carbonyl (C=O) groups excluding carboxylic acids is 1. The molecular weight excluding hydrogens is 380 g/mol. The molecule has 2 unspecified atom stereocenters. The van der Waals surface area contributed by atoms with Crippen molar-refractivity contribution < 1.29 is 19.1 Å². The van der Waals surface area contributed by atoms with E-state index in [2.05, 4.69) is 9.97 Å². The number of ketones is 1. The summed E-state index contributed by atoms with van der Waals surface area (Å²) in [4.78, 5) is 36.0. The van der Waals surface area contributed by atoms with Gasteiger partial charge < -0.3 is 14.4 Å². The zero-order valence-corrected chi connectivity index (χ0v) is 16.0. The SMILES string of the molecule is CC(=O)c1cc(-c2nccs2)c2oc(N3CC4CCC(C3)N4C(=O)O)nc2c1. The fourth-order valence-electron chi connectivity index (χ4n) is 4.25. The summed E-state index contributed by atoms with van der Waals surface area (Å²) in [6.07, 6.45) is 2.56. The van der Waals surface area contributed by atoms with Gasteiger partial charge in [-0.05, 0) is 31.9 Å². The first-order valence-corrected chi connectivity index (χ1v) is 10.0. The molecular formula is C19H18N4O4S. The van der Waals surface area contributed by atoms with Gasteiger partial charge in [0.2, 0.25) is 0 Å². The quantitative estimate of drug-likeness (QED) is 0.674. The summed E-state index contributed by atoms with van der Waals surface area (Å²) in [5.74, 6) is -0.0441. The van der Waals surface area contributed by atoms with Crippen LogP contribution in [0.4, 0.5) is 10.8 Å². The summed E-state index contributed by atoms with van der Waals surface area (Å²) in [7, 11) is 0. The molecule has 2 aromatic heterocycles. The third-order valence-electron chi connectivity index (χ3n) is 5.52. The van der Waals surface area contributed by atoms with E-state index in [4.69, 9.17) is 4.42 Å². The topological polar surface area (TPSA) is 99.8 Å². The van der Waals surface area contributed by atoms with Gasteiger partial charge in [-0.15, -0.1) is 11.3 Å². The van der Waals surface area contributed by atoms with Gasteiger partial charge in [0.15, 0.2) is 11.4 Å². The molecule has 4 heterocycles. The number of benzene rings is 1. The molecule has 2 bridgehead atoms. The van der Waals surface area contributed by atoms with Crippen LogP contribution in [0.25, 0.3) is 21.7 Å². The summed E-state index contributed by atoms with van der Waals surface area (Å²) in [6, 6.07) is 3.92. The van der Waals surface area contributed by atoms with Crippen LogP contribution in [0.5, 0.6) is 0 Å². The van der Waals surface area contributed by atoms with E-state index in [1.165, 1.54) is 18.3 Å². The van der Waals surface area contributed by atoms with Crippen LogP contribution in [0.1, 0.15) is 30.1 Å². The second kappa shape index (κ2) is 6.30. The van der Waals surface area contributed by atoms with E-state index in [0.29, 0.717) is 35.8 Å². The number of hydrogen-bond donors (Lipinski definition) is 1. The van der Waals surface area contributed by atoms with Crippen molar-refractivity contribution in [1.82, 2.24) is 14.9 Å². The van der Waals surface area contributed by atoms with Crippen molar-refractivity contribution in [3.05, 3.63) is 29.3 Å². The van der Waals surface area contributed by atoms with Crippen LogP contribution >= 0.6 is 11.3 Å². The van der Waals surface area contributed by atoms with E-state index in [1.807, 2.05) is 10.3 Å². The summed E-state index contributed by atoms with van der Waals surface area (Å²) in [5.41, 5.74) is 2.53. The molecule has 0 saturated carbocycles. The molecule has 3 aromatic rings. The standard InChI is InChI=1S/C19H18N4O4S/c1-10(24)11-6-14(17-20-4-5-28-17)16-15(7-11)21-18(27-16)22-8-12-2-3-13(9-22)23(12)19(25)26/h4-7,12-13H,2-3,8-9H2,1H3,(H,25,26). The van der Waals surface area contributed by atoms with Gasteiger partial charge in [0.05, 0.1) is 17.6 Å². The van der Waals surface area contributed by atoms with E-state index < -0.39 is 6.09 Å². The number of carboxylic acid groups (broad SMARTS) is 1. The monoisotopic (exact) mass is 398 g/mol. The highest BCUT2D eigenvalue weighted by molar-refractivity contribution is 7.13. The molecule has 8 nitrogen and oxygen atoms in total. The second-order valence-electron chi connectivity index (χ2n) is 7.24. The van der Waals surface area contributed by atoms with Gasteiger partial charge in [0.1, 0.15) is 10.5 Å². The van der Waals surface area contributed by atoms with Crippen molar-refractivity contribution in [3.8, 4) is 10.6 Å². The van der Waals surface area contributed by atoms with Gasteiger partial charge in [-0.25, -0.2) is 9.78 Å². The van der Waals surface area contributed by atoms with Crippen molar-refractivity contribution in [3.63, 3.8) is 0 Å². The first-order chi connectivity index (χ1) is 13.5. The Bertz CT molecular complexity index is 1060. The number of anilines is 1. The average molecular weight is 398 g/mol. The number of piperazine rings is 1. The van der Waals surface area contributed by atoms with Crippen molar-refractivity contribution in [1.29, 1.82) is 0 Å². The maximum absolute atomic E-state index is 12.0. The van der Waals surface area contributed by atoms with Crippen molar-refractivity contribution >= 4 is 40.3 Å². The molecule has 1 amide bonds. The van der Waals surface area contributed by atoms with E-state index in [0.717, 1.165) is 23.4 Å². The molecule has 2 atom stereocenters. The lowest BCUT2D eigenvalue weighted by molar-refractivity contribution is 0.101. The van der Waals surface area contributed by atoms with E-state index in [1.54, 1.807) is 23.2 Å². The Morgan fingerprint density at radius 2 is 2.00 bits per heavy atom. The molecule has 2 fully saturated rings. The fraction of sp³-hybridized carbons (Fsp3) is 0.368. The highest BCUT2D eigenvalue weighted by Gasteiger charge is 2.43. The van der Waals surface area contributed by atoms with Gasteiger partial charge in [-0.3, -0.25) is 9.69 Å². The Morgan fingerprint density at radius 1 is 1.25 bits per heavy atom. The average Bonchev–Trinajstić information content (AvgIpc) is 3.38. The third kappa shape index (κ3) is 2.65. The van der Waals surface area contributed by atoms with Crippen LogP contribution in [0.15, 0.2) is 28.1 Å². The van der Waals surface area contributed by atoms with E-state index in [9.17, 15) is 14.7 Å². The van der Waals surface area contributed by atoms with Crippen LogP contribution in [-0.4, -0.2) is 57.0 Å². The number of Topliss-reactive ketones (excluding diaryl/α,β-unsaturated/α-hetero) is 1. The highest BCUT2D eigenvalue weighted by Crippen LogP contribution is 2.37. The summed E-state index contributed by atoms with van der Waals surface area (Å²) >= 11 is 1.47. The minimum atomic E-state index is -0.859. The number of thiazole rings is 1. The molecule has 2 aliphatic heterocycles. The molecule has 2 aliphatic rings. The lowest BCUT2D eigenvalue weighted by atomic mass is 10.1. The maximum atomic E-state index is 12.0. The van der Waals surface area contributed by atoms with Crippen LogP contribution < -0.4 is 4.90 Å². The zero-order valence-electron chi connectivity index (χ0n) is 15.2. The number of amides is 1. The predicted molar refractivity (Wildman–Crippen MR) is 104 cm³/mol. The molecule has 0 radical (unpaired) electrons. The first kappa shape index (κ1) is 17.2. The number of carbonyl (C=O) groups is 2. The second-order valence-corrected chi connectivity index (χ2v) is 8.14. The van der Waals surface area contributed by atoms with E-state index >= 15 is 0 Å². The van der Waals surface area contributed by atoms with Gasteiger partial charge in [-0.2, -0.15) is 4.98 Å². The van der Waals surface area contributed by atoms with Gasteiger partial charge in [0.25, 0.3) is 6.01 Å². The normalized spacial score (nSPS) is 21.5. The van der Waals surface area contributed by atoms with E-state index in [-0.39, 0.29) is 17.9 Å². The van der Waals surface area contributed by atoms with Crippen LogP contribution in [-0.2, 0) is 0 Å². The molecule has 0 spiro atoms. The Hall–Kier alpha value is -2.94. The Kier molecular flexibility index (Phi) is 3.87. The molecule has 0 aliphatic carbocycles. The number of nitrogens with zero attached hydrogens (tertiary/aromatic N) is 4. The smallest absolute Gasteiger partial charge is 0.407 e. The third-order valence-corrected chi connectivity index (χ3v) is 6.33. The fourth-order valence-corrected chi connectivity index (χ4v) is 4.90. The molecule has 5 rings (SSSR count). The molecule has 28 heavy (non-hydrogen) atoms. The number of oxazole rings is 1. The maximum Gasteiger partial charge on any atom is 0.407 e. The number of fused-ring (bicyclic) bond motifs is 3. The lowest BCUT2D eigenvalue weighted by Gasteiger charge is -2.38. The van der Waals surface area contributed by atoms with Crippen LogP contribution in [0.2, 0.25) is 0 Å². The lowest BCUT2D eigenvalue weighted by Crippen LogP contribution is -2.55. The molecule has 1 aromatic carbocycles. The Morgan fingerprint density at radius 3 is 2.61 bits per heavy atom. The zero-order chi connectivity index (χ0) is 19.4. The highest BCUT2D eigenvalue weighted by atomic mass is 32.1. The predicted octanol–water partition coefficient (Wildman–Crippen LogP) is 3.48. The van der Waals surface area contributed by atoms with Gasteiger partial charge in [0, 0.05) is 30.2 Å². The largest absolute Gasteiger partial charge is 0.465 e. The van der Waals surface area contributed by atoms with Crippen molar-refractivity contribution in [2.75, 3.05) is 18.0 Å². The molecule has 144 valence electrons. The molecule has 9 heteroatoms. The minimum absolute atomic E-state index is 0.0440. The first-order valence-electron chi connectivity index (χ1n) is 9.13. The Balaban J connectivity index is 1.56. The van der Waals surface area contributed by atoms with Crippen molar-refractivity contribution in [2.45, 2.75) is 31.8 Å². The Labute approximate surface area is 164 Å².